The van der Waals surface area contributed by atoms with E-state index in [2.05, 4.69) is 30.9 Å². The lowest BCUT2D eigenvalue weighted by Gasteiger charge is -2.31. The van der Waals surface area contributed by atoms with Gasteiger partial charge in [-0.25, -0.2) is 4.79 Å². The minimum atomic E-state index is -0.561. The topological polar surface area (TPSA) is 77.5 Å². The molecule has 0 N–H and O–H groups in total. The van der Waals surface area contributed by atoms with Crippen molar-refractivity contribution in [3.8, 4) is 11.5 Å². The molecule has 0 aromatic heterocycles. The first-order valence-corrected chi connectivity index (χ1v) is 17.1. The summed E-state index contributed by atoms with van der Waals surface area (Å²) < 4.78 is 22.6. The van der Waals surface area contributed by atoms with Crippen LogP contribution in [0.5, 0.6) is 11.5 Å². The fourth-order valence-electron chi connectivity index (χ4n) is 6.48. The van der Waals surface area contributed by atoms with Gasteiger partial charge in [-0.1, -0.05) is 50.2 Å². The number of nitrogens with zero attached hydrogens (tertiary/aromatic N) is 2. The van der Waals surface area contributed by atoms with Crippen molar-refractivity contribution >= 4 is 12.0 Å². The number of ether oxygens (including phenoxy) is 4. The van der Waals surface area contributed by atoms with E-state index in [0.29, 0.717) is 57.1 Å². The van der Waals surface area contributed by atoms with Gasteiger partial charge in [0.2, 0.25) is 5.91 Å². The Bertz CT molecular complexity index is 1260. The summed E-state index contributed by atoms with van der Waals surface area (Å²) in [6, 6.07) is 16.5. The number of hydrogen-bond acceptors (Lipinski definition) is 6. The van der Waals surface area contributed by atoms with E-state index >= 15 is 0 Å². The minimum Gasteiger partial charge on any atom is -0.493 e. The molecule has 0 spiro atoms. The Kier molecular flexibility index (Phi) is 12.8. The first-order valence-electron chi connectivity index (χ1n) is 17.1. The highest BCUT2D eigenvalue weighted by molar-refractivity contribution is 5.79. The van der Waals surface area contributed by atoms with E-state index < -0.39 is 5.60 Å². The maximum Gasteiger partial charge on any atom is 0.410 e. The third-order valence-corrected chi connectivity index (χ3v) is 9.19. The molecule has 0 unspecified atom stereocenters. The molecule has 1 saturated carbocycles. The number of rotatable bonds is 16. The predicted octanol–water partition coefficient (Wildman–Crippen LogP) is 7.03. The molecule has 0 radical (unpaired) electrons. The maximum absolute atomic E-state index is 13.7. The molecule has 8 nitrogen and oxygen atoms in total. The lowest BCUT2D eigenvalue weighted by Crippen LogP contribution is -2.41. The third-order valence-electron chi connectivity index (χ3n) is 9.19. The van der Waals surface area contributed by atoms with E-state index in [9.17, 15) is 9.59 Å². The summed E-state index contributed by atoms with van der Waals surface area (Å²) in [5.74, 6) is 2.92. The quantitative estimate of drug-likeness (QED) is 0.184. The number of likely N-dealkylation sites (tertiary alicyclic amines) is 1. The largest absolute Gasteiger partial charge is 0.493 e. The predicted molar refractivity (Wildman–Crippen MR) is 181 cm³/mol. The van der Waals surface area contributed by atoms with Gasteiger partial charge in [0.05, 0.1) is 20.1 Å². The van der Waals surface area contributed by atoms with Crippen LogP contribution in [0.3, 0.4) is 0 Å². The van der Waals surface area contributed by atoms with E-state index in [1.807, 2.05) is 62.1 Å². The van der Waals surface area contributed by atoms with Gasteiger partial charge in [0, 0.05) is 45.8 Å². The highest BCUT2D eigenvalue weighted by Crippen LogP contribution is 2.38. The number of methoxy groups -OCH3 is 2. The van der Waals surface area contributed by atoms with Crippen LogP contribution in [0.4, 0.5) is 4.79 Å². The van der Waals surface area contributed by atoms with Gasteiger partial charge in [-0.05, 0) is 93.4 Å². The highest BCUT2D eigenvalue weighted by Gasteiger charge is 2.42. The normalized spacial score (nSPS) is 18.8. The zero-order valence-electron chi connectivity index (χ0n) is 29.1. The number of carbonyl (C=O) groups is 2. The monoisotopic (exact) mass is 636 g/mol. The van der Waals surface area contributed by atoms with Gasteiger partial charge in [-0.15, -0.1) is 0 Å². The Morgan fingerprint density at radius 2 is 1.65 bits per heavy atom. The van der Waals surface area contributed by atoms with E-state index in [1.165, 1.54) is 5.56 Å². The Labute approximate surface area is 276 Å². The van der Waals surface area contributed by atoms with Crippen LogP contribution in [0, 0.1) is 23.7 Å². The fourth-order valence-corrected chi connectivity index (χ4v) is 6.48. The van der Waals surface area contributed by atoms with Crippen LogP contribution in [0.15, 0.2) is 48.5 Å². The second-order valence-electron chi connectivity index (χ2n) is 14.5. The Hall–Kier alpha value is -3.26. The standard InChI is InChI=1S/C38H56N2O6/c1-27(2)30(20-29-14-17-34(44-7)35(21-29)45-19-11-18-43-6)23-31-24-39(37(42)46-38(3,4)5)25-32(31)26-40(33-15-16-33)36(41)22-28-12-9-8-10-13-28/h8-10,12-14,17,21,27,30-33H,11,15-16,18-20,22-26H2,1-7H3/t30-,31+,32+/m0/s1. The van der Waals surface area contributed by atoms with Gasteiger partial charge in [-0.3, -0.25) is 4.79 Å². The van der Waals surface area contributed by atoms with Crippen LogP contribution in [-0.4, -0.2) is 80.5 Å². The second kappa shape index (κ2) is 16.5. The van der Waals surface area contributed by atoms with Gasteiger partial charge in [-0.2, -0.15) is 0 Å². The van der Waals surface area contributed by atoms with Gasteiger partial charge in [0.15, 0.2) is 11.5 Å². The van der Waals surface area contributed by atoms with Crippen molar-refractivity contribution in [3.05, 3.63) is 59.7 Å². The van der Waals surface area contributed by atoms with E-state index in [0.717, 1.165) is 49.2 Å². The van der Waals surface area contributed by atoms with Crippen molar-refractivity contribution in [1.82, 2.24) is 9.80 Å². The SMILES string of the molecule is COCCCOc1cc(C[C@@H](C[C@@H]2CN(C(=O)OC(C)(C)C)C[C@@H]2CN(C(=O)Cc2ccccc2)C2CC2)C(C)C)ccc1OC. The summed E-state index contributed by atoms with van der Waals surface area (Å²) >= 11 is 0. The van der Waals surface area contributed by atoms with Crippen LogP contribution in [0.1, 0.15) is 71.4 Å². The van der Waals surface area contributed by atoms with E-state index in [1.54, 1.807) is 14.2 Å². The number of carbonyl (C=O) groups excluding carboxylic acids is 2. The van der Waals surface area contributed by atoms with Gasteiger partial charge in [0.25, 0.3) is 0 Å². The number of benzene rings is 2. The number of hydrogen-bond donors (Lipinski definition) is 0. The van der Waals surface area contributed by atoms with Gasteiger partial charge >= 0.3 is 6.09 Å². The van der Waals surface area contributed by atoms with Crippen molar-refractivity contribution in [2.24, 2.45) is 23.7 Å². The Balaban J connectivity index is 1.51. The first-order chi connectivity index (χ1) is 22.0. The Morgan fingerprint density at radius 3 is 2.28 bits per heavy atom. The first kappa shape index (κ1) is 35.6. The number of amides is 2. The molecule has 8 heteroatoms. The fraction of sp³-hybridized carbons (Fsp3) is 0.632. The molecular weight excluding hydrogens is 580 g/mol. The molecular formula is C38H56N2O6. The van der Waals surface area contributed by atoms with Gasteiger partial charge < -0.3 is 28.7 Å². The average Bonchev–Trinajstić information content (AvgIpc) is 3.77. The second-order valence-corrected chi connectivity index (χ2v) is 14.5. The summed E-state index contributed by atoms with van der Waals surface area (Å²) in [7, 11) is 3.36. The van der Waals surface area contributed by atoms with Crippen molar-refractivity contribution in [2.45, 2.75) is 84.8 Å². The van der Waals surface area contributed by atoms with Gasteiger partial charge in [0.1, 0.15) is 5.60 Å². The minimum absolute atomic E-state index is 0.180. The molecule has 2 fully saturated rings. The zero-order valence-corrected chi connectivity index (χ0v) is 29.1. The molecule has 1 aliphatic carbocycles. The average molecular weight is 637 g/mol. The molecule has 1 aliphatic heterocycles. The van der Waals surface area contributed by atoms with E-state index in [-0.39, 0.29) is 23.8 Å². The van der Waals surface area contributed by atoms with Crippen molar-refractivity contribution in [1.29, 1.82) is 0 Å². The molecule has 4 rings (SSSR count). The summed E-state index contributed by atoms with van der Waals surface area (Å²) in [5.41, 5.74) is 1.68. The molecule has 0 bridgehead atoms. The molecule has 254 valence electrons. The summed E-state index contributed by atoms with van der Waals surface area (Å²) in [4.78, 5) is 30.9. The lowest BCUT2D eigenvalue weighted by molar-refractivity contribution is -0.131. The zero-order chi connectivity index (χ0) is 33.3. The molecule has 2 aromatic carbocycles. The van der Waals surface area contributed by atoms with Crippen LogP contribution in [0.2, 0.25) is 0 Å². The maximum atomic E-state index is 13.7. The third kappa shape index (κ3) is 10.6. The summed E-state index contributed by atoms with van der Waals surface area (Å²) in [6.45, 7) is 13.4. The van der Waals surface area contributed by atoms with Crippen LogP contribution in [0.25, 0.3) is 0 Å². The molecule has 2 aromatic rings. The van der Waals surface area contributed by atoms with Crippen LogP contribution >= 0.6 is 0 Å². The van der Waals surface area contributed by atoms with Crippen molar-refractivity contribution < 1.29 is 28.5 Å². The summed E-state index contributed by atoms with van der Waals surface area (Å²) in [5, 5.41) is 0. The molecule has 3 atom stereocenters. The molecule has 1 saturated heterocycles. The molecule has 46 heavy (non-hydrogen) atoms. The lowest BCUT2D eigenvalue weighted by atomic mass is 9.78. The molecule has 2 amide bonds. The van der Waals surface area contributed by atoms with Crippen molar-refractivity contribution in [2.75, 3.05) is 47.1 Å². The summed E-state index contributed by atoms with van der Waals surface area (Å²) in [6.07, 6.45) is 4.91. The molecule has 2 aliphatic rings. The van der Waals surface area contributed by atoms with E-state index in [4.69, 9.17) is 18.9 Å². The molecule has 1 heterocycles. The van der Waals surface area contributed by atoms with Crippen molar-refractivity contribution in [3.63, 3.8) is 0 Å². The van der Waals surface area contributed by atoms with Crippen LogP contribution in [-0.2, 0) is 27.1 Å². The highest BCUT2D eigenvalue weighted by atomic mass is 16.6. The Morgan fingerprint density at radius 1 is 0.935 bits per heavy atom. The smallest absolute Gasteiger partial charge is 0.410 e. The van der Waals surface area contributed by atoms with Crippen LogP contribution < -0.4 is 9.47 Å².